The van der Waals surface area contributed by atoms with E-state index in [2.05, 4.69) is 10.3 Å². The van der Waals surface area contributed by atoms with Crippen LogP contribution in [0.2, 0.25) is 0 Å². The molecule has 3 N–H and O–H groups in total. The molecule has 0 radical (unpaired) electrons. The van der Waals surface area contributed by atoms with Gasteiger partial charge in [0.15, 0.2) is 0 Å². The maximum atomic E-state index is 14.3. The van der Waals surface area contributed by atoms with E-state index in [-0.39, 0.29) is 17.1 Å². The van der Waals surface area contributed by atoms with Gasteiger partial charge < -0.3 is 20.1 Å². The zero-order valence-corrected chi connectivity index (χ0v) is 15.9. The first kappa shape index (κ1) is 20.5. The molecular weight excluding hydrogens is 380 g/mol. The minimum Gasteiger partial charge on any atom is -0.465 e. The van der Waals surface area contributed by atoms with Crippen LogP contribution in [0.1, 0.15) is 31.3 Å². The lowest BCUT2D eigenvalue weighted by Gasteiger charge is -2.29. The van der Waals surface area contributed by atoms with E-state index in [1.807, 2.05) is 30.3 Å². The fourth-order valence-electron chi connectivity index (χ4n) is 3.07. The molecule has 6 nitrogen and oxygen atoms in total. The number of hydrogen-bond acceptors (Lipinski definition) is 3. The number of amides is 1. The summed E-state index contributed by atoms with van der Waals surface area (Å²) in [7, 11) is 0. The highest BCUT2D eigenvalue weighted by molar-refractivity contribution is 5.65. The first-order valence-corrected chi connectivity index (χ1v) is 8.93. The molecule has 1 amide bonds. The lowest BCUT2D eigenvalue weighted by Crippen LogP contribution is -2.43. The molecule has 0 aliphatic heterocycles. The van der Waals surface area contributed by atoms with Crippen molar-refractivity contribution in [1.82, 2.24) is 14.9 Å². The van der Waals surface area contributed by atoms with Gasteiger partial charge in [0.05, 0.1) is 11.3 Å². The SMILES string of the molecule is CC(C)(O)C(NC(=O)O)c1nc(-c2cc(F)ccc2F)cn1Cc1ccccc1. The van der Waals surface area contributed by atoms with Gasteiger partial charge in [0.1, 0.15) is 23.5 Å². The number of hydrogen-bond donors (Lipinski definition) is 3. The predicted octanol–water partition coefficient (Wildman–Crippen LogP) is 3.96. The minimum absolute atomic E-state index is 0.0529. The Balaban J connectivity index is 2.15. The fraction of sp³-hybridized carbons (Fsp3) is 0.238. The third-order valence-corrected chi connectivity index (χ3v) is 4.44. The van der Waals surface area contributed by atoms with Gasteiger partial charge >= 0.3 is 6.09 Å². The molecule has 0 saturated carbocycles. The maximum Gasteiger partial charge on any atom is 0.405 e. The van der Waals surface area contributed by atoms with Gasteiger partial charge in [0, 0.05) is 18.3 Å². The molecule has 0 saturated heterocycles. The Morgan fingerprint density at radius 3 is 2.52 bits per heavy atom. The fourth-order valence-corrected chi connectivity index (χ4v) is 3.07. The van der Waals surface area contributed by atoms with Gasteiger partial charge in [-0.15, -0.1) is 0 Å². The van der Waals surface area contributed by atoms with E-state index >= 15 is 0 Å². The summed E-state index contributed by atoms with van der Waals surface area (Å²) in [6.45, 7) is 3.18. The molecule has 3 rings (SSSR count). The summed E-state index contributed by atoms with van der Waals surface area (Å²) < 4.78 is 29.6. The van der Waals surface area contributed by atoms with Crippen LogP contribution in [-0.2, 0) is 6.54 Å². The molecule has 0 aliphatic carbocycles. The quantitative estimate of drug-likeness (QED) is 0.584. The lowest BCUT2D eigenvalue weighted by molar-refractivity contribution is 0.0330. The van der Waals surface area contributed by atoms with E-state index in [1.165, 1.54) is 20.0 Å². The number of carboxylic acid groups (broad SMARTS) is 1. The van der Waals surface area contributed by atoms with Crippen molar-refractivity contribution in [1.29, 1.82) is 0 Å². The summed E-state index contributed by atoms with van der Waals surface area (Å²) in [6, 6.07) is 11.2. The minimum atomic E-state index is -1.50. The van der Waals surface area contributed by atoms with E-state index in [0.29, 0.717) is 6.54 Å². The average Bonchev–Trinajstić information content (AvgIpc) is 3.04. The Morgan fingerprint density at radius 1 is 1.21 bits per heavy atom. The molecule has 0 bridgehead atoms. The van der Waals surface area contributed by atoms with Crippen molar-refractivity contribution in [3.05, 3.63) is 77.8 Å². The second-order valence-corrected chi connectivity index (χ2v) is 7.26. The van der Waals surface area contributed by atoms with E-state index in [0.717, 1.165) is 23.8 Å². The molecule has 0 aliphatic rings. The molecule has 3 aromatic rings. The molecular formula is C21H21F2N3O3. The molecule has 1 aromatic heterocycles. The van der Waals surface area contributed by atoms with Crippen molar-refractivity contribution in [2.75, 3.05) is 0 Å². The van der Waals surface area contributed by atoms with Crippen LogP contribution in [0.25, 0.3) is 11.3 Å². The predicted molar refractivity (Wildman–Crippen MR) is 103 cm³/mol. The number of nitrogens with one attached hydrogen (secondary N) is 1. The average molecular weight is 401 g/mol. The van der Waals surface area contributed by atoms with Gasteiger partial charge in [-0.2, -0.15) is 0 Å². The number of carbonyl (C=O) groups is 1. The molecule has 152 valence electrons. The number of nitrogens with zero attached hydrogens (tertiary/aromatic N) is 2. The van der Waals surface area contributed by atoms with Crippen molar-refractivity contribution in [2.45, 2.75) is 32.0 Å². The van der Waals surface area contributed by atoms with E-state index in [4.69, 9.17) is 0 Å². The molecule has 0 spiro atoms. The molecule has 1 heterocycles. The Hall–Kier alpha value is -3.26. The Morgan fingerprint density at radius 2 is 1.90 bits per heavy atom. The van der Waals surface area contributed by atoms with Gasteiger partial charge in [-0.05, 0) is 37.6 Å². The van der Waals surface area contributed by atoms with Crippen LogP contribution in [0.15, 0.2) is 54.7 Å². The maximum absolute atomic E-state index is 14.3. The Labute approximate surface area is 166 Å². The number of benzene rings is 2. The standard InChI is InChI=1S/C21H21F2N3O3/c1-21(2,29)18(25-20(27)28)19-24-17(15-10-14(22)8-9-16(15)23)12-26(19)11-13-6-4-3-5-7-13/h3-10,12,18,25,29H,11H2,1-2H3,(H,27,28). The first-order valence-electron chi connectivity index (χ1n) is 8.93. The van der Waals surface area contributed by atoms with Crippen LogP contribution in [0.5, 0.6) is 0 Å². The number of aliphatic hydroxyl groups is 1. The van der Waals surface area contributed by atoms with Crippen molar-refractivity contribution < 1.29 is 23.8 Å². The molecule has 8 heteroatoms. The highest BCUT2D eigenvalue weighted by Crippen LogP contribution is 2.30. The second kappa shape index (κ2) is 8.00. The van der Waals surface area contributed by atoms with Crippen LogP contribution >= 0.6 is 0 Å². The number of imidazole rings is 1. The smallest absolute Gasteiger partial charge is 0.405 e. The van der Waals surface area contributed by atoms with Crippen molar-refractivity contribution in [3.8, 4) is 11.3 Å². The Kier molecular flexibility index (Phi) is 5.65. The monoisotopic (exact) mass is 401 g/mol. The number of rotatable bonds is 6. The molecule has 0 fully saturated rings. The summed E-state index contributed by atoms with van der Waals surface area (Å²) >= 11 is 0. The van der Waals surface area contributed by atoms with Gasteiger partial charge in [0.2, 0.25) is 0 Å². The van der Waals surface area contributed by atoms with Crippen molar-refractivity contribution in [2.24, 2.45) is 0 Å². The van der Waals surface area contributed by atoms with Crippen molar-refractivity contribution >= 4 is 6.09 Å². The number of halogens is 2. The highest BCUT2D eigenvalue weighted by Gasteiger charge is 2.34. The Bertz CT molecular complexity index is 1010. The first-order chi connectivity index (χ1) is 13.6. The van der Waals surface area contributed by atoms with E-state index in [1.54, 1.807) is 4.57 Å². The van der Waals surface area contributed by atoms with Crippen LogP contribution in [0.4, 0.5) is 13.6 Å². The zero-order chi connectivity index (χ0) is 21.2. The largest absolute Gasteiger partial charge is 0.465 e. The topological polar surface area (TPSA) is 87.4 Å². The van der Waals surface area contributed by atoms with E-state index in [9.17, 15) is 23.8 Å². The number of aromatic nitrogens is 2. The highest BCUT2D eigenvalue weighted by atomic mass is 19.1. The van der Waals surface area contributed by atoms with Crippen molar-refractivity contribution in [3.63, 3.8) is 0 Å². The molecule has 1 atom stereocenters. The summed E-state index contributed by atoms with van der Waals surface area (Å²) in [5.41, 5.74) is -0.532. The van der Waals surface area contributed by atoms with Gasteiger partial charge in [-0.3, -0.25) is 0 Å². The van der Waals surface area contributed by atoms with Gasteiger partial charge in [0.25, 0.3) is 0 Å². The summed E-state index contributed by atoms with van der Waals surface area (Å²) in [5.74, 6) is -1.10. The summed E-state index contributed by atoms with van der Waals surface area (Å²) in [4.78, 5) is 15.7. The zero-order valence-electron chi connectivity index (χ0n) is 15.9. The second-order valence-electron chi connectivity index (χ2n) is 7.26. The third kappa shape index (κ3) is 4.78. The molecule has 29 heavy (non-hydrogen) atoms. The van der Waals surface area contributed by atoms with Crippen LogP contribution < -0.4 is 5.32 Å². The van der Waals surface area contributed by atoms with Crippen LogP contribution in [0.3, 0.4) is 0 Å². The lowest BCUT2D eigenvalue weighted by atomic mass is 9.98. The third-order valence-electron chi connectivity index (χ3n) is 4.44. The van der Waals surface area contributed by atoms with Crippen LogP contribution in [-0.4, -0.2) is 31.5 Å². The normalized spacial score (nSPS) is 12.6. The van der Waals surface area contributed by atoms with Crippen LogP contribution in [0, 0.1) is 11.6 Å². The van der Waals surface area contributed by atoms with Gasteiger partial charge in [-0.1, -0.05) is 30.3 Å². The van der Waals surface area contributed by atoms with Gasteiger partial charge in [-0.25, -0.2) is 18.6 Å². The molecule has 2 aromatic carbocycles. The summed E-state index contributed by atoms with van der Waals surface area (Å²) in [6.07, 6.45) is 0.174. The molecule has 1 unspecified atom stereocenters. The van der Waals surface area contributed by atoms with E-state index < -0.39 is 29.4 Å². The summed E-state index contributed by atoms with van der Waals surface area (Å²) in [5, 5.41) is 22.0.